The first kappa shape index (κ1) is 13.9. The van der Waals surface area contributed by atoms with Gasteiger partial charge in [0, 0.05) is 25.5 Å². The number of benzene rings is 1. The Bertz CT molecular complexity index is 430. The van der Waals surface area contributed by atoms with Crippen LogP contribution in [0.3, 0.4) is 0 Å². The number of amides is 1. The van der Waals surface area contributed by atoms with Crippen molar-refractivity contribution in [1.29, 1.82) is 0 Å². The Morgan fingerprint density at radius 3 is 2.68 bits per heavy atom. The number of aliphatic hydroxyl groups excluding tert-OH is 1. The van der Waals surface area contributed by atoms with E-state index in [1.807, 2.05) is 38.1 Å². The van der Waals surface area contributed by atoms with Gasteiger partial charge in [-0.15, -0.1) is 0 Å². The Morgan fingerprint density at radius 1 is 1.42 bits per heavy atom. The smallest absolute Gasteiger partial charge is 0.223 e. The molecule has 0 radical (unpaired) electrons. The minimum atomic E-state index is 0.0327. The molecule has 0 aromatic heterocycles. The largest absolute Gasteiger partial charge is 0.491 e. The van der Waals surface area contributed by atoms with Gasteiger partial charge in [0.15, 0.2) is 0 Å². The zero-order valence-corrected chi connectivity index (χ0v) is 11.5. The van der Waals surface area contributed by atoms with E-state index >= 15 is 0 Å². The number of rotatable bonds is 5. The molecule has 1 aromatic rings. The second-order valence-electron chi connectivity index (χ2n) is 5.27. The van der Waals surface area contributed by atoms with E-state index in [4.69, 9.17) is 9.84 Å². The number of likely N-dealkylation sites (tertiary alicyclic amines) is 1. The quantitative estimate of drug-likeness (QED) is 0.878. The first-order valence-electron chi connectivity index (χ1n) is 6.70. The minimum absolute atomic E-state index is 0.0327. The van der Waals surface area contributed by atoms with Crippen molar-refractivity contribution in [2.45, 2.75) is 26.3 Å². The number of nitrogens with zero attached hydrogens (tertiary/aromatic N) is 1. The summed E-state index contributed by atoms with van der Waals surface area (Å²) in [6.45, 7) is 5.20. The van der Waals surface area contributed by atoms with Gasteiger partial charge >= 0.3 is 0 Å². The molecule has 19 heavy (non-hydrogen) atoms. The van der Waals surface area contributed by atoms with Gasteiger partial charge in [-0.25, -0.2) is 0 Å². The molecule has 0 saturated carbocycles. The van der Waals surface area contributed by atoms with Gasteiger partial charge < -0.3 is 14.7 Å². The van der Waals surface area contributed by atoms with Gasteiger partial charge in [0.05, 0.1) is 6.04 Å². The Balaban J connectivity index is 1.86. The van der Waals surface area contributed by atoms with E-state index in [2.05, 4.69) is 0 Å². The molecule has 0 aliphatic carbocycles. The summed E-state index contributed by atoms with van der Waals surface area (Å²) in [6, 6.07) is 7.91. The van der Waals surface area contributed by atoms with Crippen molar-refractivity contribution >= 4 is 5.91 Å². The third-order valence-corrected chi connectivity index (χ3v) is 3.54. The van der Waals surface area contributed by atoms with Crippen molar-refractivity contribution in [3.63, 3.8) is 0 Å². The predicted octanol–water partition coefficient (Wildman–Crippen LogP) is 1.60. The maximum atomic E-state index is 11.8. The lowest BCUT2D eigenvalue weighted by Crippen LogP contribution is -2.38. The number of carbonyl (C=O) groups is 1. The summed E-state index contributed by atoms with van der Waals surface area (Å²) in [6.07, 6.45) is 0.450. The monoisotopic (exact) mass is 263 g/mol. The maximum Gasteiger partial charge on any atom is 0.223 e. The molecule has 4 nitrogen and oxygen atoms in total. The number of carbonyl (C=O) groups excluding carboxylic acids is 1. The van der Waals surface area contributed by atoms with Crippen LogP contribution in [0.2, 0.25) is 0 Å². The number of aliphatic hydroxyl groups is 1. The predicted molar refractivity (Wildman–Crippen MR) is 73.0 cm³/mol. The van der Waals surface area contributed by atoms with Crippen molar-refractivity contribution < 1.29 is 14.6 Å². The summed E-state index contributed by atoms with van der Waals surface area (Å²) in [7, 11) is 0. The summed E-state index contributed by atoms with van der Waals surface area (Å²) >= 11 is 0. The van der Waals surface area contributed by atoms with E-state index in [0.29, 0.717) is 19.6 Å². The Kier molecular flexibility index (Phi) is 4.43. The van der Waals surface area contributed by atoms with Crippen molar-refractivity contribution in [2.75, 3.05) is 19.8 Å². The highest BCUT2D eigenvalue weighted by atomic mass is 16.5. The zero-order valence-electron chi connectivity index (χ0n) is 11.5. The summed E-state index contributed by atoms with van der Waals surface area (Å²) in [5.74, 6) is 1.01. The maximum absolute atomic E-state index is 11.8. The SMILES string of the molecule is Cc1ccc(OCC(C)N2CC(CO)CC2=O)cc1. The number of ether oxygens (including phenoxy) is 1. The third kappa shape index (κ3) is 3.47. The van der Waals surface area contributed by atoms with Gasteiger partial charge in [-0.05, 0) is 26.0 Å². The molecule has 104 valence electrons. The molecule has 1 amide bonds. The highest BCUT2D eigenvalue weighted by Crippen LogP contribution is 2.20. The molecule has 2 atom stereocenters. The molecule has 1 heterocycles. The van der Waals surface area contributed by atoms with Crippen LogP contribution in [0.5, 0.6) is 5.75 Å². The highest BCUT2D eigenvalue weighted by Gasteiger charge is 2.32. The lowest BCUT2D eigenvalue weighted by Gasteiger charge is -2.24. The van der Waals surface area contributed by atoms with E-state index in [0.717, 1.165) is 5.75 Å². The van der Waals surface area contributed by atoms with E-state index in [1.165, 1.54) is 5.56 Å². The van der Waals surface area contributed by atoms with Crippen LogP contribution >= 0.6 is 0 Å². The standard InChI is InChI=1S/C15H21NO3/c1-11-3-5-14(6-4-11)19-10-12(2)16-8-13(9-17)7-15(16)18/h3-6,12-13,17H,7-10H2,1-2H3. The summed E-state index contributed by atoms with van der Waals surface area (Å²) in [4.78, 5) is 13.6. The van der Waals surface area contributed by atoms with Crippen LogP contribution in [0, 0.1) is 12.8 Å². The Morgan fingerprint density at radius 2 is 2.11 bits per heavy atom. The first-order valence-corrected chi connectivity index (χ1v) is 6.70. The normalized spacial score (nSPS) is 20.7. The molecule has 1 aliphatic rings. The molecule has 0 bridgehead atoms. The van der Waals surface area contributed by atoms with Crippen LogP contribution < -0.4 is 4.74 Å². The van der Waals surface area contributed by atoms with E-state index < -0.39 is 0 Å². The molecule has 2 rings (SSSR count). The Labute approximate surface area is 114 Å². The van der Waals surface area contributed by atoms with Crippen LogP contribution in [0.15, 0.2) is 24.3 Å². The van der Waals surface area contributed by atoms with E-state index in [9.17, 15) is 4.79 Å². The number of hydrogen-bond donors (Lipinski definition) is 1. The lowest BCUT2D eigenvalue weighted by molar-refractivity contribution is -0.129. The number of aryl methyl sites for hydroxylation is 1. The van der Waals surface area contributed by atoms with Crippen LogP contribution in [-0.4, -0.2) is 41.7 Å². The van der Waals surface area contributed by atoms with Gasteiger partial charge in [0.2, 0.25) is 5.91 Å². The second-order valence-corrected chi connectivity index (χ2v) is 5.27. The van der Waals surface area contributed by atoms with Crippen LogP contribution in [0.25, 0.3) is 0 Å². The highest BCUT2D eigenvalue weighted by molar-refractivity contribution is 5.79. The van der Waals surface area contributed by atoms with Crippen molar-refractivity contribution in [1.82, 2.24) is 4.90 Å². The van der Waals surface area contributed by atoms with Crippen LogP contribution in [0.4, 0.5) is 0 Å². The van der Waals surface area contributed by atoms with Crippen molar-refractivity contribution in [3.05, 3.63) is 29.8 Å². The molecule has 1 fully saturated rings. The molecule has 0 spiro atoms. The van der Waals surface area contributed by atoms with Gasteiger partial charge in [-0.1, -0.05) is 17.7 Å². The van der Waals surface area contributed by atoms with Gasteiger partial charge in [-0.2, -0.15) is 0 Å². The zero-order chi connectivity index (χ0) is 13.8. The summed E-state index contributed by atoms with van der Waals surface area (Å²) in [5.41, 5.74) is 1.20. The average molecular weight is 263 g/mol. The van der Waals surface area contributed by atoms with E-state index in [-0.39, 0.29) is 24.5 Å². The molecular formula is C15H21NO3. The second kappa shape index (κ2) is 6.06. The minimum Gasteiger partial charge on any atom is -0.491 e. The molecule has 1 aliphatic heterocycles. The average Bonchev–Trinajstić information content (AvgIpc) is 2.79. The lowest BCUT2D eigenvalue weighted by atomic mass is 10.1. The van der Waals surface area contributed by atoms with Gasteiger partial charge in [-0.3, -0.25) is 4.79 Å². The molecule has 1 aromatic carbocycles. The summed E-state index contributed by atoms with van der Waals surface area (Å²) < 4.78 is 5.70. The van der Waals surface area contributed by atoms with Crippen molar-refractivity contribution in [3.8, 4) is 5.75 Å². The number of hydrogen-bond acceptors (Lipinski definition) is 3. The van der Waals surface area contributed by atoms with E-state index in [1.54, 1.807) is 4.90 Å². The molecule has 1 saturated heterocycles. The third-order valence-electron chi connectivity index (χ3n) is 3.54. The Hall–Kier alpha value is -1.55. The first-order chi connectivity index (χ1) is 9.10. The fourth-order valence-corrected chi connectivity index (χ4v) is 2.30. The topological polar surface area (TPSA) is 49.8 Å². The molecular weight excluding hydrogens is 242 g/mol. The van der Waals surface area contributed by atoms with Crippen LogP contribution in [-0.2, 0) is 4.79 Å². The molecule has 4 heteroatoms. The van der Waals surface area contributed by atoms with Crippen molar-refractivity contribution in [2.24, 2.45) is 5.92 Å². The summed E-state index contributed by atoms with van der Waals surface area (Å²) in [5, 5.41) is 9.11. The van der Waals surface area contributed by atoms with Gasteiger partial charge in [0.25, 0.3) is 0 Å². The fourth-order valence-electron chi connectivity index (χ4n) is 2.30. The molecule has 2 unspecified atom stereocenters. The fraction of sp³-hybridized carbons (Fsp3) is 0.533. The van der Waals surface area contributed by atoms with Gasteiger partial charge in [0.1, 0.15) is 12.4 Å². The molecule has 1 N–H and O–H groups in total. The van der Waals surface area contributed by atoms with Crippen LogP contribution in [0.1, 0.15) is 18.9 Å².